The fourth-order valence-corrected chi connectivity index (χ4v) is 3.70. The second kappa shape index (κ2) is 6.53. The SMILES string of the molecule is Cl.Cn1cc([C@H]2CNC[C@@H]2C(=O)N2CCc3ccc(F)cc32)cn1. The van der Waals surface area contributed by atoms with Crippen molar-refractivity contribution in [2.45, 2.75) is 12.3 Å². The Bertz CT molecular complexity index is 763. The maximum absolute atomic E-state index is 13.6. The third kappa shape index (κ3) is 2.80. The molecule has 24 heavy (non-hydrogen) atoms. The Labute approximate surface area is 146 Å². The largest absolute Gasteiger partial charge is 0.315 e. The average Bonchev–Trinajstić information content (AvgIpc) is 3.24. The number of carbonyl (C=O) groups excluding carboxylic acids is 1. The number of nitrogens with zero attached hydrogens (tertiary/aromatic N) is 3. The highest BCUT2D eigenvalue weighted by atomic mass is 35.5. The predicted octanol–water partition coefficient (Wildman–Crippen LogP) is 1.87. The molecular formula is C17H20ClFN4O. The molecular weight excluding hydrogens is 331 g/mol. The van der Waals surface area contributed by atoms with Gasteiger partial charge in [0, 0.05) is 44.5 Å². The van der Waals surface area contributed by atoms with E-state index in [4.69, 9.17) is 0 Å². The monoisotopic (exact) mass is 350 g/mol. The molecule has 2 aromatic rings. The average molecular weight is 351 g/mol. The Morgan fingerprint density at radius 1 is 1.38 bits per heavy atom. The Hall–Kier alpha value is -1.92. The minimum Gasteiger partial charge on any atom is -0.315 e. The van der Waals surface area contributed by atoms with Gasteiger partial charge in [-0.05, 0) is 29.7 Å². The Balaban J connectivity index is 0.00000169. The van der Waals surface area contributed by atoms with Crippen LogP contribution in [0.25, 0.3) is 0 Å². The van der Waals surface area contributed by atoms with E-state index < -0.39 is 0 Å². The smallest absolute Gasteiger partial charge is 0.232 e. The lowest BCUT2D eigenvalue weighted by Gasteiger charge is -2.24. The zero-order chi connectivity index (χ0) is 16.0. The van der Waals surface area contributed by atoms with Gasteiger partial charge in [0.1, 0.15) is 5.82 Å². The van der Waals surface area contributed by atoms with E-state index in [9.17, 15) is 9.18 Å². The number of benzene rings is 1. The van der Waals surface area contributed by atoms with Crippen LogP contribution < -0.4 is 10.2 Å². The summed E-state index contributed by atoms with van der Waals surface area (Å²) < 4.78 is 15.3. The standard InChI is InChI=1S/C17H19FN4O.ClH/c1-21-10-12(7-20-21)14-8-19-9-15(14)17(23)22-5-4-11-2-3-13(18)6-16(11)22;/h2-3,6-7,10,14-15,19H,4-5,8-9H2,1H3;1H/t14-,15+;/m1./s1. The second-order valence-electron chi connectivity index (χ2n) is 6.33. The number of fused-ring (bicyclic) bond motifs is 1. The Morgan fingerprint density at radius 2 is 2.21 bits per heavy atom. The van der Waals surface area contributed by atoms with Crippen molar-refractivity contribution in [1.29, 1.82) is 0 Å². The number of hydrogen-bond donors (Lipinski definition) is 1. The lowest BCUT2D eigenvalue weighted by atomic mass is 9.90. The van der Waals surface area contributed by atoms with Crippen LogP contribution >= 0.6 is 12.4 Å². The number of anilines is 1. The topological polar surface area (TPSA) is 50.2 Å². The van der Waals surface area contributed by atoms with E-state index in [1.165, 1.54) is 12.1 Å². The molecule has 1 amide bonds. The molecule has 0 aliphatic carbocycles. The number of carbonyl (C=O) groups is 1. The molecule has 0 saturated carbocycles. The van der Waals surface area contributed by atoms with Gasteiger partial charge in [-0.15, -0.1) is 12.4 Å². The van der Waals surface area contributed by atoms with Gasteiger partial charge in [0.15, 0.2) is 0 Å². The van der Waals surface area contributed by atoms with E-state index in [0.717, 1.165) is 29.8 Å². The number of nitrogens with one attached hydrogen (secondary N) is 1. The van der Waals surface area contributed by atoms with E-state index in [0.29, 0.717) is 13.1 Å². The van der Waals surface area contributed by atoms with Gasteiger partial charge in [-0.2, -0.15) is 5.10 Å². The third-order valence-corrected chi connectivity index (χ3v) is 4.89. The molecule has 4 rings (SSSR count). The first kappa shape index (κ1) is 16.9. The highest BCUT2D eigenvalue weighted by molar-refractivity contribution is 5.98. The molecule has 2 atom stereocenters. The van der Waals surface area contributed by atoms with Crippen molar-refractivity contribution in [1.82, 2.24) is 15.1 Å². The van der Waals surface area contributed by atoms with Gasteiger partial charge in [-0.3, -0.25) is 9.48 Å². The molecule has 1 aromatic carbocycles. The molecule has 2 aliphatic heterocycles. The quantitative estimate of drug-likeness (QED) is 0.899. The lowest BCUT2D eigenvalue weighted by Crippen LogP contribution is -2.37. The normalized spacial score (nSPS) is 22.3. The molecule has 2 aliphatic rings. The number of hydrogen-bond acceptors (Lipinski definition) is 3. The van der Waals surface area contributed by atoms with E-state index in [1.807, 2.05) is 19.4 Å². The van der Waals surface area contributed by atoms with E-state index in [-0.39, 0.29) is 36.0 Å². The minimum atomic E-state index is -0.295. The molecule has 1 saturated heterocycles. The van der Waals surface area contributed by atoms with Crippen molar-refractivity contribution in [3.63, 3.8) is 0 Å². The van der Waals surface area contributed by atoms with Crippen molar-refractivity contribution < 1.29 is 9.18 Å². The van der Waals surface area contributed by atoms with Crippen LogP contribution in [0.2, 0.25) is 0 Å². The highest BCUT2D eigenvalue weighted by Crippen LogP contribution is 2.34. The van der Waals surface area contributed by atoms with Crippen LogP contribution in [0.1, 0.15) is 17.0 Å². The molecule has 3 heterocycles. The van der Waals surface area contributed by atoms with E-state index >= 15 is 0 Å². The van der Waals surface area contributed by atoms with E-state index in [1.54, 1.807) is 15.6 Å². The molecule has 128 valence electrons. The van der Waals surface area contributed by atoms with Gasteiger partial charge in [0.05, 0.1) is 12.1 Å². The van der Waals surface area contributed by atoms with Crippen LogP contribution in [0.4, 0.5) is 10.1 Å². The van der Waals surface area contributed by atoms with Crippen molar-refractivity contribution in [3.8, 4) is 0 Å². The maximum atomic E-state index is 13.6. The summed E-state index contributed by atoms with van der Waals surface area (Å²) in [4.78, 5) is 14.8. The van der Waals surface area contributed by atoms with Gasteiger partial charge in [-0.1, -0.05) is 6.07 Å². The van der Waals surface area contributed by atoms with Crippen LogP contribution in [0.5, 0.6) is 0 Å². The fraction of sp³-hybridized carbons (Fsp3) is 0.412. The second-order valence-corrected chi connectivity index (χ2v) is 6.33. The summed E-state index contributed by atoms with van der Waals surface area (Å²) >= 11 is 0. The fourth-order valence-electron chi connectivity index (χ4n) is 3.70. The van der Waals surface area contributed by atoms with E-state index in [2.05, 4.69) is 10.4 Å². The summed E-state index contributed by atoms with van der Waals surface area (Å²) in [6.07, 6.45) is 4.59. The first-order chi connectivity index (χ1) is 11.1. The van der Waals surface area contributed by atoms with Crippen LogP contribution in [-0.4, -0.2) is 35.3 Å². The molecule has 7 heteroatoms. The summed E-state index contributed by atoms with van der Waals surface area (Å²) in [6, 6.07) is 4.72. The van der Waals surface area contributed by atoms with Crippen molar-refractivity contribution >= 4 is 24.0 Å². The third-order valence-electron chi connectivity index (χ3n) is 4.89. The van der Waals surface area contributed by atoms with Gasteiger partial charge >= 0.3 is 0 Å². The summed E-state index contributed by atoms with van der Waals surface area (Å²) in [5.74, 6) is -0.229. The van der Waals surface area contributed by atoms with Gasteiger partial charge in [-0.25, -0.2) is 4.39 Å². The van der Waals surface area contributed by atoms with Gasteiger partial charge < -0.3 is 10.2 Å². The number of aromatic nitrogens is 2. The zero-order valence-corrected chi connectivity index (χ0v) is 14.2. The summed E-state index contributed by atoms with van der Waals surface area (Å²) in [7, 11) is 1.88. The van der Waals surface area contributed by atoms with Crippen LogP contribution in [0.3, 0.4) is 0 Å². The molecule has 5 nitrogen and oxygen atoms in total. The zero-order valence-electron chi connectivity index (χ0n) is 13.4. The number of aryl methyl sites for hydroxylation is 1. The van der Waals surface area contributed by atoms with Gasteiger partial charge in [0.2, 0.25) is 5.91 Å². The number of rotatable bonds is 2. The number of halogens is 2. The van der Waals surface area contributed by atoms with Crippen molar-refractivity contribution in [3.05, 3.63) is 47.5 Å². The molecule has 1 fully saturated rings. The highest BCUT2D eigenvalue weighted by Gasteiger charge is 2.39. The van der Waals surface area contributed by atoms with Gasteiger partial charge in [0.25, 0.3) is 0 Å². The maximum Gasteiger partial charge on any atom is 0.232 e. The van der Waals surface area contributed by atoms with Crippen LogP contribution in [-0.2, 0) is 18.3 Å². The lowest BCUT2D eigenvalue weighted by molar-refractivity contribution is -0.122. The Kier molecular flexibility index (Phi) is 4.60. The first-order valence-electron chi connectivity index (χ1n) is 7.92. The summed E-state index contributed by atoms with van der Waals surface area (Å²) in [5.41, 5.74) is 2.85. The molecule has 0 bridgehead atoms. The first-order valence-corrected chi connectivity index (χ1v) is 7.92. The Morgan fingerprint density at radius 3 is 2.96 bits per heavy atom. The van der Waals surface area contributed by atoms with Crippen molar-refractivity contribution in [2.24, 2.45) is 13.0 Å². The minimum absolute atomic E-state index is 0. The molecule has 0 radical (unpaired) electrons. The molecule has 0 unspecified atom stereocenters. The summed E-state index contributed by atoms with van der Waals surface area (Å²) in [6.45, 7) is 2.05. The molecule has 1 aromatic heterocycles. The predicted molar refractivity (Wildman–Crippen MR) is 92.0 cm³/mol. The molecule has 1 N–H and O–H groups in total. The van der Waals surface area contributed by atoms with Crippen LogP contribution in [0, 0.1) is 11.7 Å². The summed E-state index contributed by atoms with van der Waals surface area (Å²) in [5, 5.41) is 7.53. The van der Waals surface area contributed by atoms with Crippen LogP contribution in [0.15, 0.2) is 30.6 Å². The number of amides is 1. The molecule has 0 spiro atoms. The van der Waals surface area contributed by atoms with Crippen molar-refractivity contribution in [2.75, 3.05) is 24.5 Å².